The number of esters is 1. The van der Waals surface area contributed by atoms with Crippen molar-refractivity contribution in [1.82, 2.24) is 10.6 Å². The molecule has 6 nitrogen and oxygen atoms in total. The van der Waals surface area contributed by atoms with Crippen LogP contribution in [-0.4, -0.2) is 42.7 Å². The van der Waals surface area contributed by atoms with Gasteiger partial charge in [-0.15, -0.1) is 0 Å². The maximum Gasteiger partial charge on any atom is 0.333 e. The lowest BCUT2D eigenvalue weighted by Gasteiger charge is -2.23. The third kappa shape index (κ3) is 4.27. The van der Waals surface area contributed by atoms with E-state index in [-0.39, 0.29) is 12.0 Å². The van der Waals surface area contributed by atoms with E-state index in [2.05, 4.69) is 10.6 Å². The number of carbonyl (C=O) groups is 2. The summed E-state index contributed by atoms with van der Waals surface area (Å²) in [4.78, 5) is 23.4. The van der Waals surface area contributed by atoms with Crippen molar-refractivity contribution in [2.24, 2.45) is 11.7 Å². The Morgan fingerprint density at radius 1 is 1.39 bits per heavy atom. The van der Waals surface area contributed by atoms with Gasteiger partial charge in [0.15, 0.2) is 6.04 Å². The minimum absolute atomic E-state index is 0.0361. The van der Waals surface area contributed by atoms with Crippen molar-refractivity contribution in [3.8, 4) is 0 Å². The Bertz CT molecular complexity index is 325. The lowest BCUT2D eigenvalue weighted by molar-refractivity contribution is -0.158. The van der Waals surface area contributed by atoms with Crippen LogP contribution in [0.3, 0.4) is 0 Å². The third-order valence-corrected chi connectivity index (χ3v) is 2.70. The van der Waals surface area contributed by atoms with Crippen molar-refractivity contribution in [2.45, 2.75) is 45.4 Å². The number of amides is 1. The maximum atomic E-state index is 11.8. The van der Waals surface area contributed by atoms with E-state index in [9.17, 15) is 9.59 Å². The summed E-state index contributed by atoms with van der Waals surface area (Å²) < 4.78 is 5.06. The zero-order chi connectivity index (χ0) is 13.9. The van der Waals surface area contributed by atoms with E-state index in [0.717, 1.165) is 6.54 Å². The van der Waals surface area contributed by atoms with Crippen LogP contribution in [0.15, 0.2) is 0 Å². The molecule has 0 aliphatic carbocycles. The highest BCUT2D eigenvalue weighted by molar-refractivity contribution is 6.01. The van der Waals surface area contributed by atoms with Crippen LogP contribution in [0.4, 0.5) is 0 Å². The average Bonchev–Trinajstić information content (AvgIpc) is 2.60. The summed E-state index contributed by atoms with van der Waals surface area (Å²) in [6, 6.07) is -1.32. The number of hydrogen-bond acceptors (Lipinski definition) is 4. The van der Waals surface area contributed by atoms with Gasteiger partial charge in [0.25, 0.3) is 0 Å². The Morgan fingerprint density at radius 2 is 2.00 bits per heavy atom. The first-order valence-corrected chi connectivity index (χ1v) is 6.13. The molecule has 1 aliphatic rings. The predicted octanol–water partition coefficient (Wildman–Crippen LogP) is -0.606. The Labute approximate surface area is 108 Å². The number of nitrogens with one attached hydrogen (secondary N) is 1. The van der Waals surface area contributed by atoms with Gasteiger partial charge in [-0.1, -0.05) is 6.92 Å². The topological polar surface area (TPSA) is 95.5 Å². The quantitative estimate of drug-likeness (QED) is 0.520. The van der Waals surface area contributed by atoms with E-state index in [1.54, 1.807) is 20.8 Å². The number of rotatable bonds is 3. The van der Waals surface area contributed by atoms with E-state index >= 15 is 0 Å². The van der Waals surface area contributed by atoms with E-state index in [0.29, 0.717) is 6.54 Å². The van der Waals surface area contributed by atoms with Gasteiger partial charge in [-0.2, -0.15) is 0 Å². The van der Waals surface area contributed by atoms with Crippen molar-refractivity contribution >= 4 is 11.9 Å². The van der Waals surface area contributed by atoms with Crippen molar-refractivity contribution < 1.29 is 14.3 Å². The van der Waals surface area contributed by atoms with Crippen molar-refractivity contribution in [2.75, 3.05) is 13.1 Å². The van der Waals surface area contributed by atoms with E-state index in [4.69, 9.17) is 10.5 Å². The summed E-state index contributed by atoms with van der Waals surface area (Å²) in [5.74, 6) is -0.930. The molecule has 0 aromatic rings. The summed E-state index contributed by atoms with van der Waals surface area (Å²) in [7, 11) is 0. The molecular formula is C12H22N3O3. The Morgan fingerprint density at radius 3 is 2.44 bits per heavy atom. The minimum Gasteiger partial charge on any atom is -0.458 e. The number of hydrogen-bond donors (Lipinski definition) is 2. The van der Waals surface area contributed by atoms with Crippen LogP contribution in [0, 0.1) is 5.92 Å². The van der Waals surface area contributed by atoms with Crippen LogP contribution in [-0.2, 0) is 14.3 Å². The van der Waals surface area contributed by atoms with E-state index in [1.165, 1.54) is 0 Å². The maximum absolute atomic E-state index is 11.8. The molecule has 0 saturated carbocycles. The van der Waals surface area contributed by atoms with Crippen molar-refractivity contribution in [3.63, 3.8) is 0 Å². The molecule has 3 atom stereocenters. The molecule has 1 fully saturated rings. The third-order valence-electron chi connectivity index (χ3n) is 2.70. The van der Waals surface area contributed by atoms with Gasteiger partial charge in [-0.05, 0) is 26.7 Å². The highest BCUT2D eigenvalue weighted by Gasteiger charge is 2.32. The first kappa shape index (κ1) is 14.9. The molecule has 0 aromatic heterocycles. The zero-order valence-electron chi connectivity index (χ0n) is 11.4. The molecule has 0 bridgehead atoms. The molecule has 0 aromatic carbocycles. The van der Waals surface area contributed by atoms with Crippen molar-refractivity contribution in [1.29, 1.82) is 0 Å². The van der Waals surface area contributed by atoms with Crippen LogP contribution in [0.25, 0.3) is 0 Å². The lowest BCUT2D eigenvalue weighted by Crippen LogP contribution is -2.52. The van der Waals surface area contributed by atoms with Gasteiger partial charge in [-0.25, -0.2) is 10.1 Å². The first-order chi connectivity index (χ1) is 8.20. The Balaban J connectivity index is 2.48. The fraction of sp³-hybridized carbons (Fsp3) is 0.833. The van der Waals surface area contributed by atoms with Crippen LogP contribution in [0.1, 0.15) is 27.7 Å². The van der Waals surface area contributed by atoms with Crippen molar-refractivity contribution in [3.05, 3.63) is 0 Å². The molecule has 3 N–H and O–H groups in total. The fourth-order valence-electron chi connectivity index (χ4n) is 1.66. The van der Waals surface area contributed by atoms with Crippen LogP contribution < -0.4 is 16.4 Å². The molecular weight excluding hydrogens is 234 g/mol. The molecule has 1 aliphatic heterocycles. The van der Waals surface area contributed by atoms with Gasteiger partial charge in [0, 0.05) is 19.1 Å². The summed E-state index contributed by atoms with van der Waals surface area (Å²) in [5.41, 5.74) is 4.93. The second-order valence-electron chi connectivity index (χ2n) is 5.69. The number of carbonyl (C=O) groups excluding carboxylic acids is 2. The molecule has 0 spiro atoms. The van der Waals surface area contributed by atoms with Gasteiger partial charge < -0.3 is 15.8 Å². The molecule has 6 heteroatoms. The van der Waals surface area contributed by atoms with Crippen LogP contribution in [0.2, 0.25) is 0 Å². The second-order valence-corrected chi connectivity index (χ2v) is 5.69. The molecule has 1 saturated heterocycles. The van der Waals surface area contributed by atoms with Gasteiger partial charge in [0.05, 0.1) is 0 Å². The highest BCUT2D eigenvalue weighted by atomic mass is 16.6. The van der Waals surface area contributed by atoms with Gasteiger partial charge in [0.1, 0.15) is 5.60 Å². The summed E-state index contributed by atoms with van der Waals surface area (Å²) >= 11 is 0. The SMILES string of the molecule is CC1C[N]CC1NC(=O)C(N)C(=O)OC(C)(C)C. The molecule has 18 heavy (non-hydrogen) atoms. The van der Waals surface area contributed by atoms with Crippen LogP contribution >= 0.6 is 0 Å². The van der Waals surface area contributed by atoms with E-state index < -0.39 is 23.5 Å². The average molecular weight is 256 g/mol. The molecule has 1 heterocycles. The monoisotopic (exact) mass is 256 g/mol. The minimum atomic E-state index is -1.28. The number of ether oxygens (including phenoxy) is 1. The lowest BCUT2D eigenvalue weighted by atomic mass is 10.1. The first-order valence-electron chi connectivity index (χ1n) is 6.13. The number of nitrogens with zero attached hydrogens (tertiary/aromatic N) is 1. The summed E-state index contributed by atoms with van der Waals surface area (Å²) in [5, 5.41) is 6.93. The van der Waals surface area contributed by atoms with Gasteiger partial charge in [0.2, 0.25) is 5.91 Å². The molecule has 103 valence electrons. The fourth-order valence-corrected chi connectivity index (χ4v) is 1.66. The smallest absolute Gasteiger partial charge is 0.333 e. The van der Waals surface area contributed by atoms with Crippen LogP contribution in [0.5, 0.6) is 0 Å². The molecule has 1 amide bonds. The molecule has 3 unspecified atom stereocenters. The predicted molar refractivity (Wildman–Crippen MR) is 66.8 cm³/mol. The normalized spacial score (nSPS) is 25.6. The Hall–Kier alpha value is -1.14. The Kier molecular flexibility index (Phi) is 4.70. The highest BCUT2D eigenvalue weighted by Crippen LogP contribution is 2.10. The number of nitrogens with two attached hydrogens (primary N) is 1. The largest absolute Gasteiger partial charge is 0.458 e. The summed E-state index contributed by atoms with van der Waals surface area (Å²) in [6.07, 6.45) is 0. The summed E-state index contributed by atoms with van der Waals surface area (Å²) in [6.45, 7) is 8.50. The second kappa shape index (κ2) is 5.67. The van der Waals surface area contributed by atoms with Gasteiger partial charge >= 0.3 is 5.97 Å². The molecule has 1 radical (unpaired) electrons. The van der Waals surface area contributed by atoms with Gasteiger partial charge in [-0.3, -0.25) is 4.79 Å². The van der Waals surface area contributed by atoms with E-state index in [1.807, 2.05) is 6.92 Å². The zero-order valence-corrected chi connectivity index (χ0v) is 11.4. The standard InChI is InChI=1S/C12H22N3O3/c1-7-5-14-6-8(7)15-10(16)9(13)11(17)18-12(2,3)4/h7-9H,5-6,13H2,1-4H3,(H,15,16). The molecule has 1 rings (SSSR count).